The van der Waals surface area contributed by atoms with E-state index in [0.717, 1.165) is 53.6 Å². The number of nitrogens with zero attached hydrogens (tertiary/aromatic N) is 2. The quantitative estimate of drug-likeness (QED) is 0.330. The van der Waals surface area contributed by atoms with E-state index in [1.54, 1.807) is 17.8 Å². The molecule has 1 aliphatic carbocycles. The predicted molar refractivity (Wildman–Crippen MR) is 131 cm³/mol. The summed E-state index contributed by atoms with van der Waals surface area (Å²) in [6.07, 6.45) is 6.83. The number of aliphatic hydroxyl groups is 1. The van der Waals surface area contributed by atoms with Gasteiger partial charge in [0.2, 0.25) is 11.9 Å². The van der Waals surface area contributed by atoms with Crippen molar-refractivity contribution < 1.29 is 9.90 Å². The fourth-order valence-corrected chi connectivity index (χ4v) is 5.32. The monoisotopic (exact) mass is 472 g/mol. The summed E-state index contributed by atoms with van der Waals surface area (Å²) in [6, 6.07) is 11.3. The molecular weight excluding hydrogens is 444 g/mol. The van der Waals surface area contributed by atoms with Gasteiger partial charge in [0.05, 0.1) is 17.1 Å². The molecule has 0 unspecified atom stereocenters. The number of aromatic nitrogens is 2. The third-order valence-electron chi connectivity index (χ3n) is 6.24. The number of hydrogen-bond donors (Lipinski definition) is 3. The zero-order chi connectivity index (χ0) is 22.7. The number of anilines is 1. The van der Waals surface area contributed by atoms with Gasteiger partial charge in [-0.3, -0.25) is 4.79 Å². The Morgan fingerprint density at radius 1 is 1.28 bits per heavy atom. The third-order valence-corrected chi connectivity index (χ3v) is 7.36. The van der Waals surface area contributed by atoms with Crippen molar-refractivity contribution in [2.24, 2.45) is 11.7 Å². The van der Waals surface area contributed by atoms with Crippen LogP contribution < -0.4 is 11.1 Å². The second-order valence-electron chi connectivity index (χ2n) is 8.37. The van der Waals surface area contributed by atoms with E-state index in [2.05, 4.69) is 9.88 Å². The highest BCUT2D eigenvalue weighted by molar-refractivity contribution is 7.98. The smallest absolute Gasteiger partial charge is 0.248 e. The lowest BCUT2D eigenvalue weighted by Crippen LogP contribution is -2.24. The molecule has 6 nitrogen and oxygen atoms in total. The number of benzene rings is 2. The summed E-state index contributed by atoms with van der Waals surface area (Å²) in [4.78, 5) is 17.6. The molecule has 1 amide bonds. The molecule has 1 aromatic heterocycles. The fourth-order valence-electron chi connectivity index (χ4n) is 4.47. The van der Waals surface area contributed by atoms with Gasteiger partial charge in [0, 0.05) is 34.5 Å². The number of aliphatic hydroxyl groups excluding tert-OH is 1. The Morgan fingerprint density at radius 2 is 2.06 bits per heavy atom. The summed E-state index contributed by atoms with van der Waals surface area (Å²) >= 11 is 7.91. The predicted octanol–water partition coefficient (Wildman–Crippen LogP) is 5.06. The molecule has 4 N–H and O–H groups in total. The molecule has 1 saturated carbocycles. The van der Waals surface area contributed by atoms with Crippen molar-refractivity contribution in [2.45, 2.75) is 56.2 Å². The van der Waals surface area contributed by atoms with Crippen LogP contribution in [0.4, 0.5) is 5.95 Å². The van der Waals surface area contributed by atoms with Gasteiger partial charge in [-0.25, -0.2) is 4.98 Å². The molecule has 8 heteroatoms. The Balaban J connectivity index is 1.76. The fraction of sp³-hybridized carbons (Fsp3) is 0.417. The van der Waals surface area contributed by atoms with E-state index in [0.29, 0.717) is 29.6 Å². The number of amides is 1. The van der Waals surface area contributed by atoms with Gasteiger partial charge in [0.15, 0.2) is 0 Å². The first-order valence-electron chi connectivity index (χ1n) is 11.0. The molecule has 2 aromatic carbocycles. The molecule has 0 radical (unpaired) electrons. The second kappa shape index (κ2) is 10.1. The van der Waals surface area contributed by atoms with Crippen LogP contribution in [-0.2, 0) is 13.1 Å². The van der Waals surface area contributed by atoms with Gasteiger partial charge >= 0.3 is 0 Å². The van der Waals surface area contributed by atoms with Crippen LogP contribution >= 0.6 is 23.4 Å². The van der Waals surface area contributed by atoms with Crippen molar-refractivity contribution in [3.05, 3.63) is 52.5 Å². The lowest BCUT2D eigenvalue weighted by molar-refractivity contribution is 0.0917. The molecule has 0 aliphatic heterocycles. The van der Waals surface area contributed by atoms with E-state index in [1.807, 2.05) is 36.6 Å². The number of primary amides is 1. The van der Waals surface area contributed by atoms with Crippen LogP contribution in [0.5, 0.6) is 0 Å². The van der Waals surface area contributed by atoms with E-state index >= 15 is 0 Å². The van der Waals surface area contributed by atoms with Crippen LogP contribution in [-0.4, -0.2) is 32.9 Å². The number of nitrogens with one attached hydrogen (secondary N) is 1. The first kappa shape index (κ1) is 23.0. The van der Waals surface area contributed by atoms with E-state index in [1.165, 1.54) is 0 Å². The van der Waals surface area contributed by atoms with Gasteiger partial charge in [-0.05, 0) is 42.9 Å². The topological polar surface area (TPSA) is 93.2 Å². The van der Waals surface area contributed by atoms with Crippen molar-refractivity contribution in [3.63, 3.8) is 0 Å². The summed E-state index contributed by atoms with van der Waals surface area (Å²) in [5, 5.41) is 14.9. The SMILES string of the molecule is CSc1cc(C(N)=O)cc2nc(NCc3ccccc3Cl)n(C[C@H]3CCCCC[C@H]3O)c12. The zero-order valence-corrected chi connectivity index (χ0v) is 19.8. The number of imidazole rings is 1. The van der Waals surface area contributed by atoms with Gasteiger partial charge < -0.3 is 20.7 Å². The number of fused-ring (bicyclic) bond motifs is 1. The molecule has 1 heterocycles. The maximum absolute atomic E-state index is 11.9. The van der Waals surface area contributed by atoms with Crippen LogP contribution in [0.1, 0.15) is 48.0 Å². The molecule has 4 rings (SSSR count). The molecule has 32 heavy (non-hydrogen) atoms. The van der Waals surface area contributed by atoms with Gasteiger partial charge in [-0.2, -0.15) is 0 Å². The minimum Gasteiger partial charge on any atom is -0.393 e. The maximum atomic E-state index is 11.9. The van der Waals surface area contributed by atoms with Crippen molar-refractivity contribution in [3.8, 4) is 0 Å². The maximum Gasteiger partial charge on any atom is 0.248 e. The van der Waals surface area contributed by atoms with Gasteiger partial charge in [-0.15, -0.1) is 11.8 Å². The van der Waals surface area contributed by atoms with Crippen LogP contribution in [0.3, 0.4) is 0 Å². The highest BCUT2D eigenvalue weighted by atomic mass is 35.5. The summed E-state index contributed by atoms with van der Waals surface area (Å²) in [6.45, 7) is 1.18. The van der Waals surface area contributed by atoms with Crippen molar-refractivity contribution in [1.29, 1.82) is 0 Å². The molecular formula is C24H29ClN4O2S. The third kappa shape index (κ3) is 4.90. The Kier molecular flexibility index (Phi) is 7.28. The Morgan fingerprint density at radius 3 is 2.81 bits per heavy atom. The number of carbonyl (C=O) groups excluding carboxylic acids is 1. The Hall–Kier alpha value is -2.22. The Labute approximate surface area is 197 Å². The molecule has 3 aromatic rings. The molecule has 1 fully saturated rings. The number of thioether (sulfide) groups is 1. The molecule has 2 atom stereocenters. The molecule has 0 spiro atoms. The minimum absolute atomic E-state index is 0.154. The van der Waals surface area contributed by atoms with Gasteiger partial charge in [0.1, 0.15) is 0 Å². The molecule has 1 aliphatic rings. The van der Waals surface area contributed by atoms with Crippen molar-refractivity contribution in [2.75, 3.05) is 11.6 Å². The number of carbonyl (C=O) groups is 1. The summed E-state index contributed by atoms with van der Waals surface area (Å²) in [5.41, 5.74) is 8.66. The van der Waals surface area contributed by atoms with E-state index in [-0.39, 0.29) is 12.0 Å². The lowest BCUT2D eigenvalue weighted by Gasteiger charge is -2.23. The summed E-state index contributed by atoms with van der Waals surface area (Å²) in [5.74, 6) is 0.385. The summed E-state index contributed by atoms with van der Waals surface area (Å²) < 4.78 is 2.15. The number of nitrogens with two attached hydrogens (primary N) is 1. The zero-order valence-electron chi connectivity index (χ0n) is 18.2. The molecule has 0 bridgehead atoms. The van der Waals surface area contributed by atoms with E-state index < -0.39 is 5.91 Å². The highest BCUT2D eigenvalue weighted by Crippen LogP contribution is 2.34. The first-order valence-corrected chi connectivity index (χ1v) is 12.6. The van der Waals surface area contributed by atoms with Gasteiger partial charge in [0.25, 0.3) is 0 Å². The standard InChI is InChI=1S/C24H29ClN4O2S/c1-32-21-12-17(23(26)31)11-19-22(21)29(14-16-8-3-2-4-10-20(16)30)24(28-19)27-13-15-7-5-6-9-18(15)25/h5-7,9,11-12,16,20,30H,2-4,8,10,13-14H2,1H3,(H2,26,31)(H,27,28)/t16-,20-/m1/s1. The van der Waals surface area contributed by atoms with Gasteiger partial charge in [-0.1, -0.05) is 49.1 Å². The summed E-state index contributed by atoms with van der Waals surface area (Å²) in [7, 11) is 0. The lowest BCUT2D eigenvalue weighted by atomic mass is 9.97. The molecule has 0 saturated heterocycles. The van der Waals surface area contributed by atoms with Crippen LogP contribution in [0.25, 0.3) is 11.0 Å². The largest absolute Gasteiger partial charge is 0.393 e. The van der Waals surface area contributed by atoms with E-state index in [9.17, 15) is 9.90 Å². The normalized spacial score (nSPS) is 19.1. The number of rotatable bonds is 7. The highest BCUT2D eigenvalue weighted by Gasteiger charge is 2.25. The number of hydrogen-bond acceptors (Lipinski definition) is 5. The average molecular weight is 473 g/mol. The van der Waals surface area contributed by atoms with E-state index in [4.69, 9.17) is 22.3 Å². The van der Waals surface area contributed by atoms with Crippen LogP contribution in [0.15, 0.2) is 41.3 Å². The second-order valence-corrected chi connectivity index (χ2v) is 9.62. The average Bonchev–Trinajstić information content (AvgIpc) is 3.00. The Bertz CT molecular complexity index is 1120. The van der Waals surface area contributed by atoms with Crippen LogP contribution in [0, 0.1) is 5.92 Å². The van der Waals surface area contributed by atoms with Crippen molar-refractivity contribution in [1.82, 2.24) is 9.55 Å². The first-order chi connectivity index (χ1) is 15.5. The minimum atomic E-state index is -0.471. The van der Waals surface area contributed by atoms with Crippen LogP contribution in [0.2, 0.25) is 5.02 Å². The number of halogens is 1. The van der Waals surface area contributed by atoms with Crippen molar-refractivity contribution >= 4 is 46.3 Å². The molecule has 170 valence electrons.